The molecule has 58 valence electrons. The topological polar surface area (TPSA) is 52.0 Å². The quantitative estimate of drug-likeness (QED) is 0.488. The molecular formula is C8H16N2. The Bertz CT molecular complexity index is 106. The minimum atomic E-state index is 0.213. The average Bonchev–Trinajstić information content (AvgIpc) is 1.92. The molecule has 2 nitrogen and oxygen atoms in total. The largest absolute Gasteiger partial charge is 0.326 e. The van der Waals surface area contributed by atoms with Crippen LogP contribution in [0.3, 0.4) is 0 Å². The fraction of sp³-hybridized carbons (Fsp3) is 0.750. The van der Waals surface area contributed by atoms with E-state index in [1.54, 1.807) is 0 Å². The second-order valence-electron chi connectivity index (χ2n) is 2.95. The predicted octanol–water partition coefficient (Wildman–Crippen LogP) is 0.771. The summed E-state index contributed by atoms with van der Waals surface area (Å²) in [4.78, 5) is 0. The van der Waals surface area contributed by atoms with E-state index in [9.17, 15) is 0 Å². The lowest BCUT2D eigenvalue weighted by atomic mass is 9.97. The van der Waals surface area contributed by atoms with Gasteiger partial charge in [0.2, 0.25) is 0 Å². The van der Waals surface area contributed by atoms with Gasteiger partial charge in [0.05, 0.1) is 0 Å². The molecule has 0 unspecified atom stereocenters. The zero-order chi connectivity index (χ0) is 7.40. The third kappa shape index (κ3) is 2.12. The van der Waals surface area contributed by atoms with E-state index >= 15 is 0 Å². The summed E-state index contributed by atoms with van der Waals surface area (Å²) in [5.41, 5.74) is 11.6. The van der Waals surface area contributed by atoms with Gasteiger partial charge in [0, 0.05) is 12.1 Å². The van der Waals surface area contributed by atoms with Crippen molar-refractivity contribution in [3.05, 3.63) is 12.2 Å². The van der Waals surface area contributed by atoms with Gasteiger partial charge in [-0.3, -0.25) is 0 Å². The summed E-state index contributed by atoms with van der Waals surface area (Å²) in [5.74, 6) is 0. The Morgan fingerprint density at radius 3 is 1.70 bits per heavy atom. The van der Waals surface area contributed by atoms with Crippen LogP contribution < -0.4 is 11.5 Å². The van der Waals surface area contributed by atoms with Crippen molar-refractivity contribution in [1.29, 1.82) is 0 Å². The van der Waals surface area contributed by atoms with Gasteiger partial charge in [0.1, 0.15) is 0 Å². The number of hydrogen-bond acceptors (Lipinski definition) is 2. The van der Waals surface area contributed by atoms with Gasteiger partial charge in [0.15, 0.2) is 0 Å². The minimum absolute atomic E-state index is 0.213. The maximum Gasteiger partial charge on any atom is 0.0195 e. The highest BCUT2D eigenvalue weighted by molar-refractivity contribution is 4.90. The Morgan fingerprint density at radius 1 is 0.900 bits per heavy atom. The lowest BCUT2D eigenvalue weighted by Gasteiger charge is -2.19. The van der Waals surface area contributed by atoms with Crippen LogP contribution in [0.1, 0.15) is 25.7 Å². The molecule has 1 aliphatic rings. The van der Waals surface area contributed by atoms with Gasteiger partial charge in [-0.25, -0.2) is 0 Å². The summed E-state index contributed by atoms with van der Waals surface area (Å²) >= 11 is 0. The summed E-state index contributed by atoms with van der Waals surface area (Å²) in [7, 11) is 0. The van der Waals surface area contributed by atoms with Crippen molar-refractivity contribution in [3.63, 3.8) is 0 Å². The van der Waals surface area contributed by atoms with Gasteiger partial charge in [0.25, 0.3) is 0 Å². The molecule has 4 N–H and O–H groups in total. The van der Waals surface area contributed by atoms with E-state index in [0.29, 0.717) is 0 Å². The zero-order valence-corrected chi connectivity index (χ0v) is 6.29. The second-order valence-corrected chi connectivity index (χ2v) is 2.95. The van der Waals surface area contributed by atoms with Crippen molar-refractivity contribution in [2.24, 2.45) is 11.5 Å². The highest BCUT2D eigenvalue weighted by atomic mass is 14.8. The number of rotatable bonds is 0. The van der Waals surface area contributed by atoms with E-state index in [1.165, 1.54) is 0 Å². The normalized spacial score (nSPS) is 38.2. The number of nitrogens with two attached hydrogens (primary N) is 2. The third-order valence-corrected chi connectivity index (χ3v) is 2.05. The van der Waals surface area contributed by atoms with Crippen molar-refractivity contribution >= 4 is 0 Å². The summed E-state index contributed by atoms with van der Waals surface area (Å²) in [6.45, 7) is 0. The number of allylic oxidation sites excluding steroid dienone is 2. The van der Waals surface area contributed by atoms with Crippen LogP contribution in [0, 0.1) is 0 Å². The summed E-state index contributed by atoms with van der Waals surface area (Å²) in [6, 6.07) is 0.426. The highest BCUT2D eigenvalue weighted by Gasteiger charge is 2.12. The molecule has 0 saturated carbocycles. The van der Waals surface area contributed by atoms with Gasteiger partial charge in [-0.2, -0.15) is 0 Å². The van der Waals surface area contributed by atoms with Gasteiger partial charge in [-0.1, -0.05) is 12.2 Å². The fourth-order valence-corrected chi connectivity index (χ4v) is 1.24. The van der Waals surface area contributed by atoms with Crippen LogP contribution in [0.15, 0.2) is 12.2 Å². The van der Waals surface area contributed by atoms with Crippen LogP contribution in [0.2, 0.25) is 0 Å². The minimum Gasteiger partial charge on any atom is -0.326 e. The zero-order valence-electron chi connectivity index (χ0n) is 6.29. The molecule has 0 spiro atoms. The Morgan fingerprint density at radius 2 is 1.30 bits per heavy atom. The van der Waals surface area contributed by atoms with E-state index in [2.05, 4.69) is 12.2 Å². The monoisotopic (exact) mass is 140 g/mol. The standard InChI is InChI=1S/C8H16N2/c9-7-5-3-1-2-4-6-8(7)10/h1-2,7-8H,3-6,9-10H2/b2-1+/t7-,8+. The average molecular weight is 140 g/mol. The first-order valence-electron chi connectivity index (χ1n) is 3.97. The van der Waals surface area contributed by atoms with Gasteiger partial charge >= 0.3 is 0 Å². The predicted molar refractivity (Wildman–Crippen MR) is 43.6 cm³/mol. The Hall–Kier alpha value is -0.340. The van der Waals surface area contributed by atoms with E-state index < -0.39 is 0 Å². The molecule has 10 heavy (non-hydrogen) atoms. The first kappa shape index (κ1) is 7.76. The van der Waals surface area contributed by atoms with Crippen molar-refractivity contribution in [1.82, 2.24) is 0 Å². The van der Waals surface area contributed by atoms with Crippen molar-refractivity contribution in [3.8, 4) is 0 Å². The molecule has 1 rings (SSSR count). The van der Waals surface area contributed by atoms with Crippen LogP contribution in [0.25, 0.3) is 0 Å². The van der Waals surface area contributed by atoms with Gasteiger partial charge < -0.3 is 11.5 Å². The number of hydrogen-bond donors (Lipinski definition) is 2. The Kier molecular flexibility index (Phi) is 2.90. The van der Waals surface area contributed by atoms with E-state index in [-0.39, 0.29) is 12.1 Å². The van der Waals surface area contributed by atoms with Crippen LogP contribution in [-0.4, -0.2) is 12.1 Å². The molecule has 0 radical (unpaired) electrons. The van der Waals surface area contributed by atoms with Crippen LogP contribution in [0.5, 0.6) is 0 Å². The van der Waals surface area contributed by atoms with Gasteiger partial charge in [-0.05, 0) is 25.7 Å². The molecule has 0 aromatic rings. The maximum atomic E-state index is 5.79. The summed E-state index contributed by atoms with van der Waals surface area (Å²) < 4.78 is 0. The molecule has 0 aromatic heterocycles. The molecule has 0 fully saturated rings. The van der Waals surface area contributed by atoms with E-state index in [1.807, 2.05) is 0 Å². The van der Waals surface area contributed by atoms with Crippen molar-refractivity contribution in [2.45, 2.75) is 37.8 Å². The molecule has 0 aromatic carbocycles. The first-order chi connectivity index (χ1) is 4.80. The van der Waals surface area contributed by atoms with Crippen LogP contribution in [-0.2, 0) is 0 Å². The second kappa shape index (κ2) is 3.74. The van der Waals surface area contributed by atoms with E-state index in [4.69, 9.17) is 11.5 Å². The van der Waals surface area contributed by atoms with E-state index in [0.717, 1.165) is 25.7 Å². The Labute approximate surface area is 62.3 Å². The van der Waals surface area contributed by atoms with Crippen LogP contribution >= 0.6 is 0 Å². The summed E-state index contributed by atoms with van der Waals surface area (Å²) in [5, 5.41) is 0. The molecular weight excluding hydrogens is 124 g/mol. The van der Waals surface area contributed by atoms with Crippen molar-refractivity contribution < 1.29 is 0 Å². The molecule has 0 heterocycles. The highest BCUT2D eigenvalue weighted by Crippen LogP contribution is 2.09. The Balaban J connectivity index is 2.40. The first-order valence-corrected chi connectivity index (χ1v) is 3.97. The molecule has 2 atom stereocenters. The SMILES string of the molecule is N[C@@H]1CC/C=C/CC[C@@H]1N. The molecule has 0 bridgehead atoms. The molecule has 1 aliphatic carbocycles. The smallest absolute Gasteiger partial charge is 0.0195 e. The molecule has 2 heteroatoms. The summed E-state index contributed by atoms with van der Waals surface area (Å²) in [6.07, 6.45) is 8.66. The van der Waals surface area contributed by atoms with Crippen LogP contribution in [0.4, 0.5) is 0 Å². The molecule has 0 amide bonds. The van der Waals surface area contributed by atoms with Crippen molar-refractivity contribution in [2.75, 3.05) is 0 Å². The maximum absolute atomic E-state index is 5.79. The molecule has 0 aliphatic heterocycles. The lowest BCUT2D eigenvalue weighted by molar-refractivity contribution is 0.468. The molecule has 0 saturated heterocycles. The lowest BCUT2D eigenvalue weighted by Crippen LogP contribution is -2.41. The van der Waals surface area contributed by atoms with Gasteiger partial charge in [-0.15, -0.1) is 0 Å². The fourth-order valence-electron chi connectivity index (χ4n) is 1.24. The third-order valence-electron chi connectivity index (χ3n) is 2.05.